The van der Waals surface area contributed by atoms with Crippen molar-refractivity contribution in [2.45, 2.75) is 26.5 Å². The Bertz CT molecular complexity index is 2330. The molecule has 0 saturated heterocycles. The average Bonchev–Trinajstić information content (AvgIpc) is 3.04. The first-order valence-electron chi connectivity index (χ1n) is 12.9. The number of fused-ring (bicyclic) bond motifs is 1. The second-order valence-electron chi connectivity index (χ2n) is 9.39. The molecule has 0 atom stereocenters. The van der Waals surface area contributed by atoms with Crippen LogP contribution in [0.3, 0.4) is 0 Å². The van der Waals surface area contributed by atoms with Crippen LogP contribution in [0, 0.1) is 0 Å². The minimum atomic E-state index is -5.25. The molecular weight excluding hydrogens is 834 g/mol. The average molecular weight is 853 g/mol. The molecule has 22 nitrogen and oxygen atoms in total. The zero-order valence-electron chi connectivity index (χ0n) is 25.1. The topological polar surface area (TPSA) is 342 Å². The van der Waals surface area contributed by atoms with Crippen LogP contribution >= 0.6 is 24.1 Å². The van der Waals surface area contributed by atoms with Gasteiger partial charge in [-0.25, -0.2) is 15.3 Å². The molecule has 0 unspecified atom stereocenters. The van der Waals surface area contributed by atoms with Gasteiger partial charge in [0.05, 0.1) is 39.9 Å². The summed E-state index contributed by atoms with van der Waals surface area (Å²) in [6.07, 6.45) is 0. The Labute approximate surface area is 309 Å². The smallest absolute Gasteiger partial charge is 0.338 e. The van der Waals surface area contributed by atoms with Gasteiger partial charge in [-0.3, -0.25) is 13.9 Å². The van der Waals surface area contributed by atoms with Crippen LogP contribution in [0.1, 0.15) is 17.3 Å². The molecule has 27 heteroatoms. The number of carboxylic acid groups (broad SMARTS) is 1. The summed E-state index contributed by atoms with van der Waals surface area (Å²) < 4.78 is 77.0. The summed E-state index contributed by atoms with van der Waals surface area (Å²) in [5.41, 5.74) is -3.14. The van der Waals surface area contributed by atoms with E-state index in [0.717, 1.165) is 36.4 Å². The second-order valence-corrected chi connectivity index (χ2v) is 13.7. The first kappa shape index (κ1) is 42.1. The monoisotopic (exact) mass is 852 g/mol. The summed E-state index contributed by atoms with van der Waals surface area (Å²) in [4.78, 5) is 21.1. The largest absolute Gasteiger partial charge is 0.505 e. The molecule has 52 heavy (non-hydrogen) atoms. The summed E-state index contributed by atoms with van der Waals surface area (Å²) in [5, 5.41) is 72.5. The molecule has 0 spiro atoms. The van der Waals surface area contributed by atoms with Gasteiger partial charge in [-0.2, -0.15) is 16.8 Å². The molecule has 0 fully saturated rings. The van der Waals surface area contributed by atoms with E-state index >= 15 is 0 Å². The zero-order valence-corrected chi connectivity index (χ0v) is 29.3. The van der Waals surface area contributed by atoms with Crippen molar-refractivity contribution in [3.8, 4) is 11.5 Å². The molecule has 0 aliphatic rings. The van der Waals surface area contributed by atoms with Gasteiger partial charge in [-0.15, -0.1) is 29.1 Å². The minimum Gasteiger partial charge on any atom is -0.505 e. The van der Waals surface area contributed by atoms with Crippen molar-refractivity contribution in [3.63, 3.8) is 0 Å². The third kappa shape index (κ3) is 9.96. The number of hydrogen-bond donors (Lipinski definition) is 8. The van der Waals surface area contributed by atoms with Crippen LogP contribution in [0.2, 0.25) is 0 Å². The fraction of sp³-hybridized carbons (Fsp3) is 0.0400. The number of nitrogens with zero attached hydrogens (tertiary/aromatic N) is 4. The van der Waals surface area contributed by atoms with Gasteiger partial charge in [-0.05, 0) is 53.9 Å². The number of aromatic hydroxyl groups is 2. The number of nitrogens with one attached hydrogen (secondary N) is 1. The molecule has 281 valence electrons. The summed E-state index contributed by atoms with van der Waals surface area (Å²) >= 11 is 0.506. The van der Waals surface area contributed by atoms with Crippen molar-refractivity contribution in [2.75, 3.05) is 5.32 Å². The van der Waals surface area contributed by atoms with E-state index in [9.17, 15) is 50.8 Å². The maximum Gasteiger partial charge on any atom is 0.338 e. The van der Waals surface area contributed by atoms with Gasteiger partial charge >= 0.3 is 5.97 Å². The van der Waals surface area contributed by atoms with Crippen molar-refractivity contribution in [1.82, 2.24) is 0 Å². The van der Waals surface area contributed by atoms with Crippen LogP contribution < -0.4 is 5.32 Å². The molecule has 4 aromatic carbocycles. The first-order chi connectivity index (χ1) is 24.0. The number of hydrogen-bond acceptors (Lipinski definition) is 20. The summed E-state index contributed by atoms with van der Waals surface area (Å²) in [6, 6.07) is 7.99. The fourth-order valence-corrected chi connectivity index (χ4v) is 6.30. The van der Waals surface area contributed by atoms with Gasteiger partial charge in [0.2, 0.25) is 5.91 Å². The van der Waals surface area contributed by atoms with E-state index < -0.39 is 87.1 Å². The van der Waals surface area contributed by atoms with Crippen LogP contribution in [0.4, 0.5) is 28.4 Å². The fourth-order valence-electron chi connectivity index (χ4n) is 4.15. The first-order valence-corrected chi connectivity index (χ1v) is 17.2. The number of amides is 1. The van der Waals surface area contributed by atoms with Gasteiger partial charge < -0.3 is 20.6 Å². The summed E-state index contributed by atoms with van der Waals surface area (Å²) in [5.74, 6) is -4.27. The molecule has 0 aromatic heterocycles. The third-order valence-electron chi connectivity index (χ3n) is 6.11. The molecule has 8 N–H and O–H groups in total. The van der Waals surface area contributed by atoms with Gasteiger partial charge in [0.15, 0.2) is 11.5 Å². The van der Waals surface area contributed by atoms with E-state index in [1.54, 1.807) is 0 Å². The van der Waals surface area contributed by atoms with Crippen LogP contribution in [-0.4, -0.2) is 63.7 Å². The number of carbonyl (C=O) groups is 2. The normalized spacial score (nSPS) is 12.0. The number of carbonyl (C=O) groups excluding carboxylic acids is 1. The number of rotatable bonds is 14. The van der Waals surface area contributed by atoms with E-state index in [1.165, 1.54) is 13.0 Å². The van der Waals surface area contributed by atoms with Crippen molar-refractivity contribution in [3.05, 3.63) is 54.1 Å². The number of phenols is 2. The quantitative estimate of drug-likeness (QED) is 0.0178. The molecular formula is C25H19CuN5O17S4. The molecule has 0 saturated carbocycles. The summed E-state index contributed by atoms with van der Waals surface area (Å²) in [6.45, 7) is 1.17. The van der Waals surface area contributed by atoms with E-state index in [2.05, 4.69) is 44.5 Å². The predicted molar refractivity (Wildman–Crippen MR) is 171 cm³/mol. The number of azo groups is 2. The van der Waals surface area contributed by atoms with Gasteiger partial charge in [0, 0.05) is 34.6 Å². The van der Waals surface area contributed by atoms with Crippen molar-refractivity contribution in [2.24, 2.45) is 20.5 Å². The molecule has 4 rings (SSSR count). The molecule has 0 aliphatic carbocycles. The molecule has 0 aliphatic heterocycles. The number of phenolic OH excluding ortho intramolecular Hbond substituents is 2. The van der Waals surface area contributed by atoms with Crippen LogP contribution in [-0.2, 0) is 60.8 Å². The summed E-state index contributed by atoms with van der Waals surface area (Å²) in [7, 11) is -10.2. The van der Waals surface area contributed by atoms with Crippen molar-refractivity contribution in [1.29, 1.82) is 0 Å². The van der Waals surface area contributed by atoms with Crippen molar-refractivity contribution < 1.29 is 97.2 Å². The molecule has 1 radical (unpaired) electrons. The second kappa shape index (κ2) is 17.5. The number of aromatic carboxylic acids is 1. The van der Waals surface area contributed by atoms with Crippen LogP contribution in [0.25, 0.3) is 10.8 Å². The van der Waals surface area contributed by atoms with E-state index in [-0.39, 0.29) is 50.0 Å². The third-order valence-corrected chi connectivity index (χ3v) is 9.08. The number of anilines is 1. The SMILES string of the molecule is CC(=O)Nc1ccc(N=Nc2c(S(=O)(=O)O)cc3cc(SOOO)c(N=Nc4cc(SOOO)ccc4S(=O)(=O)O)c(O)c3c2O)c(C(=O)O)c1.[Cu]. The maximum absolute atomic E-state index is 12.4. The van der Waals surface area contributed by atoms with E-state index in [0.29, 0.717) is 18.1 Å². The Hall–Kier alpha value is -4.32. The van der Waals surface area contributed by atoms with Crippen molar-refractivity contribution >= 4 is 95.4 Å². The zero-order chi connectivity index (χ0) is 37.7. The molecule has 0 heterocycles. The Balaban J connectivity index is 0.00000729. The Morgan fingerprint density at radius 3 is 1.94 bits per heavy atom. The predicted octanol–water partition coefficient (Wildman–Crippen LogP) is 6.09. The van der Waals surface area contributed by atoms with Gasteiger partial charge in [0.25, 0.3) is 20.2 Å². The minimum absolute atomic E-state index is 0. The Kier molecular flexibility index (Phi) is 14.1. The molecule has 0 bridgehead atoms. The molecule has 1 amide bonds. The van der Waals surface area contributed by atoms with Crippen LogP contribution in [0.15, 0.2) is 88.6 Å². The number of benzene rings is 4. The maximum atomic E-state index is 12.4. The van der Waals surface area contributed by atoms with Gasteiger partial charge in [-0.1, -0.05) is 10.1 Å². The van der Waals surface area contributed by atoms with E-state index in [1.807, 2.05) is 0 Å². The van der Waals surface area contributed by atoms with Gasteiger partial charge in [0.1, 0.15) is 32.5 Å². The Morgan fingerprint density at radius 2 is 1.35 bits per heavy atom. The van der Waals surface area contributed by atoms with Crippen LogP contribution in [0.5, 0.6) is 11.5 Å². The standard InChI is InChI=1S/C25H19N5O17S4.Cu/c1-10(31)26-12-2-4-15(14(8-12)25(34)35)27-30-22-19(51(41,42)43)7-11-6-17(49-47-45-37)21(23(32)20(11)24(22)33)29-28-16-9-13(48-46-44-36)3-5-18(16)50(38,39)40;/h2-9,32-33,36-37H,1H3,(H,26,31)(H,34,35)(H,38,39,40)(H,41,42,43);. The number of carboxylic acids is 1. The molecule has 4 aromatic rings. The van der Waals surface area contributed by atoms with E-state index in [4.69, 9.17) is 10.5 Å². The Morgan fingerprint density at radius 1 is 0.750 bits per heavy atom.